The fourth-order valence-electron chi connectivity index (χ4n) is 0.934. The third-order valence-electron chi connectivity index (χ3n) is 1.58. The first-order valence-corrected chi connectivity index (χ1v) is 3.80. The average Bonchev–Trinajstić information content (AvgIpc) is 2.16. The van der Waals surface area contributed by atoms with Crippen molar-refractivity contribution in [2.24, 2.45) is 5.84 Å². The fourth-order valence-corrected chi connectivity index (χ4v) is 0.934. The molecule has 13 heavy (non-hydrogen) atoms. The summed E-state index contributed by atoms with van der Waals surface area (Å²) in [5, 5.41) is 0. The maximum atomic E-state index is 11.5. The summed E-state index contributed by atoms with van der Waals surface area (Å²) in [6, 6.07) is 3.36. The highest BCUT2D eigenvalue weighted by Crippen LogP contribution is 2.11. The van der Waals surface area contributed by atoms with Crippen molar-refractivity contribution in [3.05, 3.63) is 23.9 Å². The number of carbonyl (C=O) groups is 1. The molecule has 0 aliphatic rings. The van der Waals surface area contributed by atoms with Crippen LogP contribution in [0, 0.1) is 0 Å². The van der Waals surface area contributed by atoms with Crippen molar-refractivity contribution in [1.29, 1.82) is 0 Å². The molecule has 0 fully saturated rings. The molecular weight excluding hydrogens is 168 g/mol. The zero-order valence-corrected chi connectivity index (χ0v) is 7.61. The van der Waals surface area contributed by atoms with Crippen LogP contribution in [0.2, 0.25) is 0 Å². The van der Waals surface area contributed by atoms with Gasteiger partial charge < -0.3 is 10.3 Å². The summed E-state index contributed by atoms with van der Waals surface area (Å²) in [4.78, 5) is 16.9. The number of aromatic nitrogens is 1. The van der Waals surface area contributed by atoms with Crippen molar-refractivity contribution in [3.63, 3.8) is 0 Å². The van der Waals surface area contributed by atoms with Gasteiger partial charge in [-0.1, -0.05) is 0 Å². The predicted molar refractivity (Wildman–Crippen MR) is 50.1 cm³/mol. The van der Waals surface area contributed by atoms with Crippen molar-refractivity contribution in [2.45, 2.75) is 0 Å². The van der Waals surface area contributed by atoms with Crippen LogP contribution in [0.25, 0.3) is 0 Å². The van der Waals surface area contributed by atoms with Gasteiger partial charge >= 0.3 is 0 Å². The Balaban J connectivity index is 3.06. The van der Waals surface area contributed by atoms with E-state index >= 15 is 0 Å². The van der Waals surface area contributed by atoms with Gasteiger partial charge in [-0.2, -0.15) is 0 Å². The van der Waals surface area contributed by atoms with Gasteiger partial charge in [0.2, 0.25) is 0 Å². The van der Waals surface area contributed by atoms with Crippen LogP contribution in [0.3, 0.4) is 0 Å². The summed E-state index contributed by atoms with van der Waals surface area (Å²) in [5.74, 6) is 5.47. The first-order chi connectivity index (χ1) is 6.16. The third kappa shape index (κ3) is 1.94. The van der Waals surface area contributed by atoms with Gasteiger partial charge in [-0.25, -0.2) is 10.8 Å². The van der Waals surface area contributed by atoms with Gasteiger partial charge in [0.25, 0.3) is 5.91 Å². The van der Waals surface area contributed by atoms with E-state index in [4.69, 9.17) is 5.84 Å². The molecule has 0 aliphatic heterocycles. The summed E-state index contributed by atoms with van der Waals surface area (Å²) >= 11 is 0. The highest BCUT2D eigenvalue weighted by molar-refractivity contribution is 5.98. The van der Waals surface area contributed by atoms with E-state index in [0.29, 0.717) is 11.4 Å². The Hall–Kier alpha value is -1.62. The van der Waals surface area contributed by atoms with E-state index in [1.165, 1.54) is 4.90 Å². The maximum absolute atomic E-state index is 11.5. The number of amides is 1. The number of hydrogen-bond acceptors (Lipinski definition) is 4. The molecule has 1 amide bonds. The molecule has 0 radical (unpaired) electrons. The normalized spacial score (nSPS) is 9.46. The van der Waals surface area contributed by atoms with Gasteiger partial charge in [-0.3, -0.25) is 4.79 Å². The van der Waals surface area contributed by atoms with Crippen molar-refractivity contribution >= 4 is 11.7 Å². The second-order valence-corrected chi connectivity index (χ2v) is 2.74. The van der Waals surface area contributed by atoms with Crippen molar-refractivity contribution < 1.29 is 4.79 Å². The van der Waals surface area contributed by atoms with Crippen LogP contribution in [0.15, 0.2) is 18.3 Å². The lowest BCUT2D eigenvalue weighted by Gasteiger charge is -2.12. The summed E-state index contributed by atoms with van der Waals surface area (Å²) in [5.41, 5.74) is 2.84. The largest absolute Gasteiger partial charge is 0.345 e. The zero-order valence-electron chi connectivity index (χ0n) is 7.61. The number of nitrogens with one attached hydrogen (secondary N) is 1. The van der Waals surface area contributed by atoms with E-state index in [-0.39, 0.29) is 5.91 Å². The van der Waals surface area contributed by atoms with Crippen molar-refractivity contribution in [1.82, 2.24) is 9.88 Å². The van der Waals surface area contributed by atoms with E-state index in [1.807, 2.05) is 0 Å². The van der Waals surface area contributed by atoms with Gasteiger partial charge in [-0.15, -0.1) is 0 Å². The van der Waals surface area contributed by atoms with Crippen molar-refractivity contribution in [2.75, 3.05) is 19.5 Å². The monoisotopic (exact) mass is 180 g/mol. The Morgan fingerprint density at radius 2 is 2.31 bits per heavy atom. The molecule has 1 aromatic rings. The number of nitrogen functional groups attached to an aromatic ring is 1. The second-order valence-electron chi connectivity index (χ2n) is 2.74. The minimum absolute atomic E-state index is 0.124. The molecular formula is C8H12N4O. The zero-order chi connectivity index (χ0) is 9.84. The van der Waals surface area contributed by atoms with Crippen LogP contribution < -0.4 is 11.3 Å². The highest BCUT2D eigenvalue weighted by atomic mass is 16.2. The van der Waals surface area contributed by atoms with E-state index < -0.39 is 0 Å². The van der Waals surface area contributed by atoms with E-state index in [2.05, 4.69) is 10.4 Å². The average molecular weight is 180 g/mol. The quantitative estimate of drug-likeness (QED) is 0.499. The molecule has 0 atom stereocenters. The van der Waals surface area contributed by atoms with E-state index in [1.54, 1.807) is 32.4 Å². The lowest BCUT2D eigenvalue weighted by Crippen LogP contribution is -2.24. The Bertz CT molecular complexity index is 311. The van der Waals surface area contributed by atoms with Crippen LogP contribution in [-0.4, -0.2) is 29.9 Å². The summed E-state index contributed by atoms with van der Waals surface area (Å²) in [7, 11) is 3.35. The fraction of sp³-hybridized carbons (Fsp3) is 0.250. The van der Waals surface area contributed by atoms with Crippen molar-refractivity contribution in [3.8, 4) is 0 Å². The molecule has 0 bridgehead atoms. The summed E-state index contributed by atoms with van der Waals surface area (Å²) in [6.45, 7) is 0. The number of hydrogen-bond donors (Lipinski definition) is 2. The third-order valence-corrected chi connectivity index (χ3v) is 1.58. The molecule has 0 aliphatic carbocycles. The highest BCUT2D eigenvalue weighted by Gasteiger charge is 2.12. The summed E-state index contributed by atoms with van der Waals surface area (Å²) in [6.07, 6.45) is 1.57. The SMILES string of the molecule is CN(C)C(=O)c1cccnc1NN. The van der Waals surface area contributed by atoms with Crippen LogP contribution in [-0.2, 0) is 0 Å². The number of hydrazine groups is 1. The molecule has 0 aromatic carbocycles. The predicted octanol–water partition coefficient (Wildman–Crippen LogP) is 0.0690. The second kappa shape index (κ2) is 3.86. The van der Waals surface area contributed by atoms with Gasteiger partial charge in [0.1, 0.15) is 0 Å². The lowest BCUT2D eigenvalue weighted by atomic mass is 10.2. The van der Waals surface area contributed by atoms with Gasteiger partial charge in [0.05, 0.1) is 5.56 Å². The smallest absolute Gasteiger partial charge is 0.257 e. The Morgan fingerprint density at radius 1 is 1.62 bits per heavy atom. The van der Waals surface area contributed by atoms with Gasteiger partial charge in [-0.05, 0) is 12.1 Å². The first kappa shape index (κ1) is 9.47. The Kier molecular flexibility index (Phi) is 2.81. The molecule has 70 valence electrons. The van der Waals surface area contributed by atoms with Gasteiger partial charge in [0.15, 0.2) is 5.82 Å². The number of anilines is 1. The molecule has 0 spiro atoms. The Labute approximate surface area is 76.5 Å². The summed E-state index contributed by atoms with van der Waals surface area (Å²) < 4.78 is 0. The van der Waals surface area contributed by atoms with Crippen LogP contribution in [0.5, 0.6) is 0 Å². The number of rotatable bonds is 2. The first-order valence-electron chi connectivity index (χ1n) is 3.80. The van der Waals surface area contributed by atoms with E-state index in [9.17, 15) is 4.79 Å². The van der Waals surface area contributed by atoms with E-state index in [0.717, 1.165) is 0 Å². The number of nitrogens with zero attached hydrogens (tertiary/aromatic N) is 2. The minimum atomic E-state index is -0.124. The molecule has 0 saturated carbocycles. The van der Waals surface area contributed by atoms with Gasteiger partial charge in [0, 0.05) is 20.3 Å². The number of nitrogens with two attached hydrogens (primary N) is 1. The standard InChI is InChI=1S/C8H12N4O/c1-12(2)8(13)6-4-3-5-10-7(6)11-9/h3-5H,9H2,1-2H3,(H,10,11). The maximum Gasteiger partial charge on any atom is 0.257 e. The Morgan fingerprint density at radius 3 is 2.85 bits per heavy atom. The molecule has 0 unspecified atom stereocenters. The molecule has 3 N–H and O–H groups in total. The van der Waals surface area contributed by atoms with Crippen LogP contribution >= 0.6 is 0 Å². The molecule has 1 heterocycles. The lowest BCUT2D eigenvalue weighted by molar-refractivity contribution is 0.0828. The molecule has 1 aromatic heterocycles. The number of carbonyl (C=O) groups excluding carboxylic acids is 1. The van der Waals surface area contributed by atoms with Crippen LogP contribution in [0.1, 0.15) is 10.4 Å². The molecule has 1 rings (SSSR count). The molecule has 5 nitrogen and oxygen atoms in total. The van der Waals surface area contributed by atoms with Crippen LogP contribution in [0.4, 0.5) is 5.82 Å². The molecule has 5 heteroatoms. The molecule has 0 saturated heterocycles. The minimum Gasteiger partial charge on any atom is -0.345 e. The number of pyridine rings is 1. The topological polar surface area (TPSA) is 71.2 Å².